The molecule has 86 valence electrons. The van der Waals surface area contributed by atoms with E-state index >= 15 is 0 Å². The van der Waals surface area contributed by atoms with Gasteiger partial charge in [-0.1, -0.05) is 29.8 Å². The molecule has 16 heavy (non-hydrogen) atoms. The van der Waals surface area contributed by atoms with Crippen LogP contribution in [0.2, 0.25) is 0 Å². The summed E-state index contributed by atoms with van der Waals surface area (Å²) >= 11 is 0. The Kier molecular flexibility index (Phi) is 2.97. The van der Waals surface area contributed by atoms with E-state index in [0.29, 0.717) is 6.54 Å². The number of piperidine rings is 1. The molecule has 0 aromatic heterocycles. The number of carbonyl (C=O) groups is 1. The minimum absolute atomic E-state index is 0.534. The number of carboxylic acids is 1. The number of rotatable bonds is 2. The molecule has 0 saturated carbocycles. The molecule has 2 N–H and O–H groups in total. The highest BCUT2D eigenvalue weighted by Crippen LogP contribution is 2.32. The minimum Gasteiger partial charge on any atom is -0.481 e. The first-order chi connectivity index (χ1) is 7.65. The third-order valence-electron chi connectivity index (χ3n) is 3.36. The molecule has 1 unspecified atom stereocenters. The lowest BCUT2D eigenvalue weighted by molar-refractivity contribution is -0.144. The fourth-order valence-electron chi connectivity index (χ4n) is 2.40. The van der Waals surface area contributed by atoms with Crippen molar-refractivity contribution in [1.82, 2.24) is 5.32 Å². The van der Waals surface area contributed by atoms with Gasteiger partial charge in [-0.2, -0.15) is 0 Å². The lowest BCUT2D eigenvalue weighted by Crippen LogP contribution is -2.49. The van der Waals surface area contributed by atoms with Gasteiger partial charge >= 0.3 is 5.97 Å². The Morgan fingerprint density at radius 3 is 2.88 bits per heavy atom. The van der Waals surface area contributed by atoms with E-state index in [1.54, 1.807) is 0 Å². The van der Waals surface area contributed by atoms with Crippen molar-refractivity contribution in [2.75, 3.05) is 13.1 Å². The zero-order valence-corrected chi connectivity index (χ0v) is 9.49. The average Bonchev–Trinajstić information content (AvgIpc) is 2.30. The molecule has 1 fully saturated rings. The molecular formula is C13H17NO2. The van der Waals surface area contributed by atoms with Crippen molar-refractivity contribution in [2.24, 2.45) is 0 Å². The molecule has 1 heterocycles. The van der Waals surface area contributed by atoms with Gasteiger partial charge < -0.3 is 10.4 Å². The van der Waals surface area contributed by atoms with E-state index in [0.717, 1.165) is 30.5 Å². The van der Waals surface area contributed by atoms with Gasteiger partial charge in [0, 0.05) is 6.54 Å². The Labute approximate surface area is 95.5 Å². The molecule has 0 amide bonds. The summed E-state index contributed by atoms with van der Waals surface area (Å²) in [7, 11) is 0. The molecule has 0 spiro atoms. The van der Waals surface area contributed by atoms with Gasteiger partial charge in [0.2, 0.25) is 0 Å². The fraction of sp³-hybridized carbons (Fsp3) is 0.462. The van der Waals surface area contributed by atoms with Crippen molar-refractivity contribution in [2.45, 2.75) is 25.2 Å². The molecule has 1 atom stereocenters. The molecule has 1 aromatic rings. The second kappa shape index (κ2) is 4.26. The summed E-state index contributed by atoms with van der Waals surface area (Å²) < 4.78 is 0. The van der Waals surface area contributed by atoms with E-state index in [1.807, 2.05) is 31.2 Å². The molecule has 3 nitrogen and oxygen atoms in total. The van der Waals surface area contributed by atoms with Crippen LogP contribution < -0.4 is 5.32 Å². The van der Waals surface area contributed by atoms with Gasteiger partial charge in [0.15, 0.2) is 0 Å². The largest absolute Gasteiger partial charge is 0.481 e. The predicted octanol–water partition coefficient (Wildman–Crippen LogP) is 1.70. The zero-order valence-electron chi connectivity index (χ0n) is 9.49. The number of carboxylic acid groups (broad SMARTS) is 1. The summed E-state index contributed by atoms with van der Waals surface area (Å²) in [5.74, 6) is -0.717. The molecule has 2 rings (SSSR count). The number of nitrogens with one attached hydrogen (secondary N) is 1. The highest BCUT2D eigenvalue weighted by molar-refractivity contribution is 5.82. The number of benzene rings is 1. The van der Waals surface area contributed by atoms with E-state index in [4.69, 9.17) is 0 Å². The third-order valence-corrected chi connectivity index (χ3v) is 3.36. The Bertz CT molecular complexity index is 395. The summed E-state index contributed by atoms with van der Waals surface area (Å²) in [5.41, 5.74) is 1.31. The van der Waals surface area contributed by atoms with Gasteiger partial charge in [-0.3, -0.25) is 4.79 Å². The van der Waals surface area contributed by atoms with Crippen LogP contribution in [0.15, 0.2) is 24.3 Å². The molecule has 3 heteroatoms. The molecule has 0 aliphatic carbocycles. The van der Waals surface area contributed by atoms with Crippen molar-refractivity contribution in [1.29, 1.82) is 0 Å². The summed E-state index contributed by atoms with van der Waals surface area (Å²) in [4.78, 5) is 11.5. The number of hydrogen-bond donors (Lipinski definition) is 2. The molecule has 1 aliphatic rings. The average molecular weight is 219 g/mol. The maximum absolute atomic E-state index is 11.5. The second-order valence-electron chi connectivity index (χ2n) is 4.54. The maximum atomic E-state index is 11.5. The van der Waals surface area contributed by atoms with Crippen molar-refractivity contribution < 1.29 is 9.90 Å². The monoisotopic (exact) mass is 219 g/mol. The molecule has 0 bridgehead atoms. The van der Waals surface area contributed by atoms with Gasteiger partial charge in [0.05, 0.1) is 0 Å². The summed E-state index contributed by atoms with van der Waals surface area (Å²) in [6.07, 6.45) is 1.64. The predicted molar refractivity (Wildman–Crippen MR) is 62.6 cm³/mol. The molecule has 0 radical (unpaired) electrons. The smallest absolute Gasteiger partial charge is 0.315 e. The normalized spacial score (nSPS) is 25.3. The first-order valence-electron chi connectivity index (χ1n) is 5.66. The van der Waals surface area contributed by atoms with Crippen LogP contribution in [-0.4, -0.2) is 24.2 Å². The van der Waals surface area contributed by atoms with E-state index in [9.17, 15) is 9.90 Å². The van der Waals surface area contributed by atoms with Crippen molar-refractivity contribution in [3.8, 4) is 0 Å². The van der Waals surface area contributed by atoms with Crippen LogP contribution >= 0.6 is 0 Å². The van der Waals surface area contributed by atoms with Crippen LogP contribution in [0.5, 0.6) is 0 Å². The minimum atomic E-state index is -0.732. The topological polar surface area (TPSA) is 49.3 Å². The first-order valence-corrected chi connectivity index (χ1v) is 5.66. The zero-order chi connectivity index (χ0) is 11.6. The number of aryl methyl sites for hydroxylation is 1. The SMILES string of the molecule is Cc1cccc(C2(C(=O)O)CCCNC2)c1. The summed E-state index contributed by atoms with van der Waals surface area (Å²) in [6, 6.07) is 7.84. The lowest BCUT2D eigenvalue weighted by Gasteiger charge is -2.34. The highest BCUT2D eigenvalue weighted by Gasteiger charge is 2.41. The summed E-state index contributed by atoms with van der Waals surface area (Å²) in [6.45, 7) is 3.45. The number of hydrogen-bond acceptors (Lipinski definition) is 2. The van der Waals surface area contributed by atoms with Gasteiger partial charge in [0.25, 0.3) is 0 Å². The Morgan fingerprint density at radius 2 is 2.31 bits per heavy atom. The van der Waals surface area contributed by atoms with Gasteiger partial charge in [-0.05, 0) is 31.9 Å². The third kappa shape index (κ3) is 1.83. The molecule has 1 saturated heterocycles. The molecule has 1 aromatic carbocycles. The van der Waals surface area contributed by atoms with Crippen LogP contribution in [0, 0.1) is 6.92 Å². The maximum Gasteiger partial charge on any atom is 0.315 e. The summed E-state index contributed by atoms with van der Waals surface area (Å²) in [5, 5.41) is 12.7. The van der Waals surface area contributed by atoms with Crippen LogP contribution in [-0.2, 0) is 10.2 Å². The quantitative estimate of drug-likeness (QED) is 0.796. The Balaban J connectivity index is 2.42. The van der Waals surface area contributed by atoms with E-state index in [2.05, 4.69) is 5.32 Å². The number of aliphatic carboxylic acids is 1. The molecular weight excluding hydrogens is 202 g/mol. The van der Waals surface area contributed by atoms with Gasteiger partial charge in [-0.25, -0.2) is 0 Å². The van der Waals surface area contributed by atoms with Crippen LogP contribution in [0.4, 0.5) is 0 Å². The van der Waals surface area contributed by atoms with Gasteiger partial charge in [-0.15, -0.1) is 0 Å². The van der Waals surface area contributed by atoms with Gasteiger partial charge in [0.1, 0.15) is 5.41 Å². The lowest BCUT2D eigenvalue weighted by atomic mass is 9.74. The van der Waals surface area contributed by atoms with E-state index in [-0.39, 0.29) is 0 Å². The van der Waals surface area contributed by atoms with Crippen LogP contribution in [0.3, 0.4) is 0 Å². The van der Waals surface area contributed by atoms with E-state index < -0.39 is 11.4 Å². The van der Waals surface area contributed by atoms with Crippen molar-refractivity contribution in [3.05, 3.63) is 35.4 Å². The Morgan fingerprint density at radius 1 is 1.50 bits per heavy atom. The van der Waals surface area contributed by atoms with E-state index in [1.165, 1.54) is 0 Å². The fourth-order valence-corrected chi connectivity index (χ4v) is 2.40. The second-order valence-corrected chi connectivity index (χ2v) is 4.54. The van der Waals surface area contributed by atoms with Crippen LogP contribution in [0.25, 0.3) is 0 Å². The first kappa shape index (κ1) is 11.1. The van der Waals surface area contributed by atoms with Crippen molar-refractivity contribution >= 4 is 5.97 Å². The highest BCUT2D eigenvalue weighted by atomic mass is 16.4. The van der Waals surface area contributed by atoms with Crippen molar-refractivity contribution in [3.63, 3.8) is 0 Å². The Hall–Kier alpha value is -1.35. The standard InChI is InChI=1S/C13H17NO2/c1-10-4-2-5-11(8-10)13(12(15)16)6-3-7-14-9-13/h2,4-5,8,14H,3,6-7,9H2,1H3,(H,15,16). The van der Waals surface area contributed by atoms with Crippen LogP contribution in [0.1, 0.15) is 24.0 Å². The molecule has 1 aliphatic heterocycles.